The van der Waals surface area contributed by atoms with E-state index in [1.165, 1.54) is 4.68 Å². The van der Waals surface area contributed by atoms with Gasteiger partial charge in [-0.25, -0.2) is 15.0 Å². The Morgan fingerprint density at radius 3 is 2.75 bits per heavy atom. The number of nitrogen functional groups attached to an aromatic ring is 2. The Balaban J connectivity index is 1.79. The fourth-order valence-corrected chi connectivity index (χ4v) is 2.87. The van der Waals surface area contributed by atoms with Crippen LogP contribution in [0.3, 0.4) is 0 Å². The molecule has 2 aliphatic heterocycles. The van der Waals surface area contributed by atoms with E-state index < -0.39 is 0 Å². The van der Waals surface area contributed by atoms with Gasteiger partial charge in [0.25, 0.3) is 0 Å². The SMILES string of the molecule is N=c1ccnc2n1N=CC2=Nc1nc(N2CCCC2)c(N)cc1N. The second kappa shape index (κ2) is 5.44. The summed E-state index contributed by atoms with van der Waals surface area (Å²) >= 11 is 0. The first-order chi connectivity index (χ1) is 11.6. The molecule has 2 aromatic heterocycles. The van der Waals surface area contributed by atoms with Gasteiger partial charge < -0.3 is 16.4 Å². The van der Waals surface area contributed by atoms with Crippen molar-refractivity contribution in [2.24, 2.45) is 10.1 Å². The van der Waals surface area contributed by atoms with Crippen LogP contribution in [0.1, 0.15) is 18.7 Å². The smallest absolute Gasteiger partial charge is 0.183 e. The van der Waals surface area contributed by atoms with Crippen molar-refractivity contribution in [1.29, 1.82) is 5.41 Å². The highest BCUT2D eigenvalue weighted by molar-refractivity contribution is 6.39. The molecule has 0 atom stereocenters. The molecule has 5 N–H and O–H groups in total. The van der Waals surface area contributed by atoms with Crippen LogP contribution in [0.2, 0.25) is 0 Å². The van der Waals surface area contributed by atoms with Crippen LogP contribution in [0.25, 0.3) is 0 Å². The van der Waals surface area contributed by atoms with Gasteiger partial charge in [-0.2, -0.15) is 9.78 Å². The number of fused-ring (bicyclic) bond motifs is 1. The van der Waals surface area contributed by atoms with Crippen molar-refractivity contribution in [3.8, 4) is 0 Å². The van der Waals surface area contributed by atoms with E-state index in [-0.39, 0.29) is 5.49 Å². The van der Waals surface area contributed by atoms with Crippen LogP contribution in [0.4, 0.5) is 23.0 Å². The van der Waals surface area contributed by atoms with E-state index >= 15 is 0 Å². The molecule has 0 spiro atoms. The third-order valence-corrected chi connectivity index (χ3v) is 4.05. The Labute approximate surface area is 137 Å². The summed E-state index contributed by atoms with van der Waals surface area (Å²) in [6.45, 7) is 1.86. The van der Waals surface area contributed by atoms with Crippen LogP contribution >= 0.6 is 0 Å². The maximum absolute atomic E-state index is 7.83. The number of hydrogen-bond donors (Lipinski definition) is 3. The lowest BCUT2D eigenvalue weighted by atomic mass is 10.3. The summed E-state index contributed by atoms with van der Waals surface area (Å²) in [6.07, 6.45) is 5.35. The van der Waals surface area contributed by atoms with Gasteiger partial charge in [0, 0.05) is 25.4 Å². The van der Waals surface area contributed by atoms with Gasteiger partial charge in [0.2, 0.25) is 0 Å². The molecule has 24 heavy (non-hydrogen) atoms. The Morgan fingerprint density at radius 2 is 1.96 bits per heavy atom. The quantitative estimate of drug-likeness (QED) is 0.739. The lowest BCUT2D eigenvalue weighted by molar-refractivity contribution is 0.769. The molecule has 9 heteroatoms. The number of aromatic nitrogens is 3. The van der Waals surface area contributed by atoms with E-state index in [0.29, 0.717) is 34.5 Å². The fourth-order valence-electron chi connectivity index (χ4n) is 2.87. The van der Waals surface area contributed by atoms with Gasteiger partial charge in [0.05, 0.1) is 17.6 Å². The van der Waals surface area contributed by atoms with Crippen molar-refractivity contribution in [3.05, 3.63) is 29.6 Å². The van der Waals surface area contributed by atoms with E-state index in [0.717, 1.165) is 25.9 Å². The number of nitrogens with one attached hydrogen (secondary N) is 1. The summed E-state index contributed by atoms with van der Waals surface area (Å²) in [5, 5.41) is 12.0. The van der Waals surface area contributed by atoms with Gasteiger partial charge in [-0.05, 0) is 18.9 Å². The zero-order valence-corrected chi connectivity index (χ0v) is 13.0. The molecule has 1 fully saturated rings. The Bertz CT molecular complexity index is 919. The number of rotatable bonds is 2. The topological polar surface area (TPSA) is 135 Å². The van der Waals surface area contributed by atoms with E-state index in [1.807, 2.05) is 0 Å². The van der Waals surface area contributed by atoms with Crippen LogP contribution in [-0.4, -0.2) is 39.7 Å². The van der Waals surface area contributed by atoms with E-state index in [9.17, 15) is 0 Å². The summed E-state index contributed by atoms with van der Waals surface area (Å²) in [5.41, 5.74) is 13.8. The molecule has 0 saturated carbocycles. The average Bonchev–Trinajstić information content (AvgIpc) is 3.21. The van der Waals surface area contributed by atoms with Gasteiger partial charge in [-0.3, -0.25) is 5.41 Å². The zero-order chi connectivity index (χ0) is 16.7. The molecule has 0 bridgehead atoms. The van der Waals surface area contributed by atoms with Crippen LogP contribution in [-0.2, 0) is 0 Å². The third-order valence-electron chi connectivity index (χ3n) is 4.05. The molecule has 4 rings (SSSR count). The number of nitrogens with zero attached hydrogens (tertiary/aromatic N) is 6. The maximum Gasteiger partial charge on any atom is 0.183 e. The zero-order valence-electron chi connectivity index (χ0n) is 13.0. The molecule has 9 nitrogen and oxygen atoms in total. The van der Waals surface area contributed by atoms with Crippen molar-refractivity contribution >= 4 is 34.9 Å². The molecule has 4 heterocycles. The van der Waals surface area contributed by atoms with Gasteiger partial charge in [0.1, 0.15) is 11.2 Å². The van der Waals surface area contributed by atoms with E-state index in [2.05, 4.69) is 25.0 Å². The number of nitrogens with two attached hydrogens (primary N) is 2. The number of anilines is 3. The number of aliphatic imine (C=N–C) groups is 1. The first-order valence-electron chi connectivity index (χ1n) is 7.70. The molecular formula is C15H17N9. The first kappa shape index (κ1) is 14.4. The van der Waals surface area contributed by atoms with Crippen molar-refractivity contribution in [2.75, 3.05) is 29.5 Å². The average molecular weight is 323 g/mol. The van der Waals surface area contributed by atoms with Crippen molar-refractivity contribution < 1.29 is 0 Å². The first-order valence-corrected chi connectivity index (χ1v) is 7.70. The predicted molar refractivity (Wildman–Crippen MR) is 92.7 cm³/mol. The molecule has 0 aromatic carbocycles. The van der Waals surface area contributed by atoms with E-state index in [1.54, 1.807) is 24.5 Å². The second-order valence-corrected chi connectivity index (χ2v) is 5.72. The number of hydrogen-bond acceptors (Lipinski definition) is 8. The summed E-state index contributed by atoms with van der Waals surface area (Å²) in [6, 6.07) is 3.25. The lowest BCUT2D eigenvalue weighted by Gasteiger charge is -2.19. The predicted octanol–water partition coefficient (Wildman–Crippen LogP) is 0.490. The van der Waals surface area contributed by atoms with Crippen molar-refractivity contribution in [1.82, 2.24) is 14.6 Å². The Morgan fingerprint density at radius 1 is 1.17 bits per heavy atom. The van der Waals surface area contributed by atoms with Gasteiger partial charge in [-0.1, -0.05) is 0 Å². The Kier molecular flexibility index (Phi) is 3.26. The number of pyridine rings is 1. The van der Waals surface area contributed by atoms with Crippen LogP contribution in [0, 0.1) is 5.41 Å². The normalized spacial score (nSPS) is 17.7. The summed E-state index contributed by atoms with van der Waals surface area (Å²) < 4.78 is 1.41. The molecule has 122 valence electrons. The van der Waals surface area contributed by atoms with Crippen molar-refractivity contribution in [2.45, 2.75) is 12.8 Å². The van der Waals surface area contributed by atoms with Crippen molar-refractivity contribution in [3.63, 3.8) is 0 Å². The monoisotopic (exact) mass is 323 g/mol. The highest BCUT2D eigenvalue weighted by atomic mass is 15.4. The standard InChI is InChI=1S/C15H17N9/c16-9-7-10(17)14(23-5-1-2-6-23)22-13(9)21-11-8-20-24-12(18)3-4-19-15(11)24/h3-4,7-8,18H,1-2,5-6,16-17H2. The van der Waals surface area contributed by atoms with Crippen LogP contribution in [0.5, 0.6) is 0 Å². The summed E-state index contributed by atoms with van der Waals surface area (Å²) in [7, 11) is 0. The van der Waals surface area contributed by atoms with Gasteiger partial charge in [-0.15, -0.1) is 0 Å². The molecule has 0 aliphatic carbocycles. The largest absolute Gasteiger partial charge is 0.396 e. The molecule has 2 aromatic rings. The lowest BCUT2D eigenvalue weighted by Crippen LogP contribution is -2.21. The molecule has 0 radical (unpaired) electrons. The summed E-state index contributed by atoms with van der Waals surface area (Å²) in [5.74, 6) is 1.59. The fraction of sp³-hybridized carbons (Fsp3) is 0.267. The minimum absolute atomic E-state index is 0.234. The third kappa shape index (κ3) is 2.30. The minimum Gasteiger partial charge on any atom is -0.396 e. The highest BCUT2D eigenvalue weighted by Gasteiger charge is 2.20. The van der Waals surface area contributed by atoms with E-state index in [4.69, 9.17) is 16.9 Å². The second-order valence-electron chi connectivity index (χ2n) is 5.72. The summed E-state index contributed by atoms with van der Waals surface area (Å²) in [4.78, 5) is 15.4. The van der Waals surface area contributed by atoms with Crippen LogP contribution < -0.4 is 21.9 Å². The minimum atomic E-state index is 0.234. The Hall–Kier alpha value is -3.23. The molecule has 0 unspecified atom stereocenters. The molecule has 0 amide bonds. The molecule has 1 saturated heterocycles. The highest BCUT2D eigenvalue weighted by Crippen LogP contribution is 2.32. The maximum atomic E-state index is 7.83. The van der Waals surface area contributed by atoms with Gasteiger partial charge in [0.15, 0.2) is 17.5 Å². The van der Waals surface area contributed by atoms with Gasteiger partial charge >= 0.3 is 0 Å². The van der Waals surface area contributed by atoms with Crippen LogP contribution in [0.15, 0.2) is 28.4 Å². The molecular weight excluding hydrogens is 306 g/mol. The molecule has 2 aliphatic rings.